The molecule has 32 heavy (non-hydrogen) atoms. The first kappa shape index (κ1) is 23.1. The number of hydrogen-bond acceptors (Lipinski definition) is 4. The van der Waals surface area contributed by atoms with E-state index in [1.165, 1.54) is 17.7 Å². The van der Waals surface area contributed by atoms with E-state index < -0.39 is 5.91 Å². The number of rotatable bonds is 10. The SMILES string of the molecule is C=CCNC(=O)C(C#N)=Cc1cn(-c2ccccc2)nc1-c1ccc(SCCCC)cc1. The van der Waals surface area contributed by atoms with Crippen LogP contribution in [0.4, 0.5) is 0 Å². The number of nitrogens with zero attached hydrogens (tertiary/aromatic N) is 3. The summed E-state index contributed by atoms with van der Waals surface area (Å²) in [6.45, 7) is 6.08. The van der Waals surface area contributed by atoms with Gasteiger partial charge in [-0.2, -0.15) is 10.4 Å². The molecule has 3 rings (SSSR count). The number of amides is 1. The van der Waals surface area contributed by atoms with Crippen molar-refractivity contribution in [3.05, 3.63) is 84.6 Å². The molecule has 0 aliphatic heterocycles. The van der Waals surface area contributed by atoms with Gasteiger partial charge in [0.05, 0.1) is 11.4 Å². The van der Waals surface area contributed by atoms with Crippen LogP contribution in [-0.2, 0) is 4.79 Å². The van der Waals surface area contributed by atoms with Crippen LogP contribution in [0.25, 0.3) is 23.0 Å². The first-order chi connectivity index (χ1) is 15.7. The van der Waals surface area contributed by atoms with Crippen LogP contribution in [-0.4, -0.2) is 28.0 Å². The van der Waals surface area contributed by atoms with Crippen molar-refractivity contribution in [3.63, 3.8) is 0 Å². The molecule has 6 heteroatoms. The molecule has 0 aliphatic carbocycles. The van der Waals surface area contributed by atoms with Crippen LogP contribution in [0.1, 0.15) is 25.3 Å². The lowest BCUT2D eigenvalue weighted by Crippen LogP contribution is -2.24. The summed E-state index contributed by atoms with van der Waals surface area (Å²) in [6, 6.07) is 20.0. The molecule has 0 atom stereocenters. The Morgan fingerprint density at radius 2 is 1.97 bits per heavy atom. The van der Waals surface area contributed by atoms with Crippen LogP contribution in [0.15, 0.2) is 83.9 Å². The topological polar surface area (TPSA) is 70.7 Å². The minimum atomic E-state index is -0.437. The number of nitrogens with one attached hydrogen (secondary N) is 1. The van der Waals surface area contributed by atoms with Crippen molar-refractivity contribution < 1.29 is 4.79 Å². The number of hydrogen-bond donors (Lipinski definition) is 1. The third-order valence-corrected chi connectivity index (χ3v) is 5.83. The molecule has 0 saturated heterocycles. The summed E-state index contributed by atoms with van der Waals surface area (Å²) in [5.41, 5.74) is 3.26. The van der Waals surface area contributed by atoms with Gasteiger partial charge in [0.1, 0.15) is 11.6 Å². The minimum Gasteiger partial charge on any atom is -0.348 e. The molecule has 0 radical (unpaired) electrons. The second-order valence-corrected chi connectivity index (χ2v) is 8.28. The maximum absolute atomic E-state index is 12.4. The fourth-order valence-electron chi connectivity index (χ4n) is 3.04. The Morgan fingerprint density at radius 1 is 1.22 bits per heavy atom. The summed E-state index contributed by atoms with van der Waals surface area (Å²) in [7, 11) is 0. The number of thioether (sulfide) groups is 1. The second-order valence-electron chi connectivity index (χ2n) is 7.11. The summed E-state index contributed by atoms with van der Waals surface area (Å²) < 4.78 is 1.77. The molecule has 5 nitrogen and oxygen atoms in total. The van der Waals surface area contributed by atoms with Crippen molar-refractivity contribution >= 4 is 23.7 Å². The second kappa shape index (κ2) is 11.7. The molecule has 1 heterocycles. The quantitative estimate of drug-likeness (QED) is 0.145. The summed E-state index contributed by atoms with van der Waals surface area (Å²) in [5.74, 6) is 0.658. The van der Waals surface area contributed by atoms with Gasteiger partial charge in [-0.3, -0.25) is 4.79 Å². The molecule has 162 valence electrons. The highest BCUT2D eigenvalue weighted by molar-refractivity contribution is 7.99. The van der Waals surface area contributed by atoms with Crippen LogP contribution < -0.4 is 5.32 Å². The number of carbonyl (C=O) groups is 1. The molecule has 0 bridgehead atoms. The van der Waals surface area contributed by atoms with E-state index >= 15 is 0 Å². The summed E-state index contributed by atoms with van der Waals surface area (Å²) in [5, 5.41) is 17.0. The van der Waals surface area contributed by atoms with E-state index in [0.29, 0.717) is 17.8 Å². The molecule has 0 aliphatic rings. The van der Waals surface area contributed by atoms with Crippen molar-refractivity contribution in [1.82, 2.24) is 15.1 Å². The number of unbranched alkanes of at least 4 members (excludes halogenated alkanes) is 1. The van der Waals surface area contributed by atoms with E-state index in [0.717, 1.165) is 17.0 Å². The van der Waals surface area contributed by atoms with Gasteiger partial charge in [0.25, 0.3) is 5.91 Å². The van der Waals surface area contributed by atoms with E-state index in [1.807, 2.05) is 66.5 Å². The maximum Gasteiger partial charge on any atom is 0.262 e. The van der Waals surface area contributed by atoms with Crippen molar-refractivity contribution in [3.8, 4) is 23.0 Å². The van der Waals surface area contributed by atoms with Gasteiger partial charge < -0.3 is 5.32 Å². The fraction of sp³-hybridized carbons (Fsp3) is 0.192. The van der Waals surface area contributed by atoms with E-state index in [-0.39, 0.29) is 5.57 Å². The highest BCUT2D eigenvalue weighted by atomic mass is 32.2. The number of benzene rings is 2. The van der Waals surface area contributed by atoms with Crippen LogP contribution in [0.3, 0.4) is 0 Å². The van der Waals surface area contributed by atoms with E-state index in [9.17, 15) is 10.1 Å². The molecular weight excluding hydrogens is 416 g/mol. The zero-order chi connectivity index (χ0) is 22.8. The lowest BCUT2D eigenvalue weighted by molar-refractivity contribution is -0.116. The number of aromatic nitrogens is 2. The summed E-state index contributed by atoms with van der Waals surface area (Å²) >= 11 is 1.84. The van der Waals surface area contributed by atoms with Gasteiger partial charge in [-0.1, -0.05) is 49.8 Å². The average molecular weight is 443 g/mol. The molecule has 0 spiro atoms. The first-order valence-corrected chi connectivity index (χ1v) is 11.5. The summed E-state index contributed by atoms with van der Waals surface area (Å²) in [6.07, 6.45) is 7.37. The van der Waals surface area contributed by atoms with Crippen molar-refractivity contribution in [2.45, 2.75) is 24.7 Å². The Bertz CT molecular complexity index is 1120. The van der Waals surface area contributed by atoms with Gasteiger partial charge in [0, 0.05) is 28.8 Å². The van der Waals surface area contributed by atoms with E-state index in [2.05, 4.69) is 31.0 Å². The van der Waals surface area contributed by atoms with Gasteiger partial charge in [-0.15, -0.1) is 18.3 Å². The normalized spacial score (nSPS) is 11.1. The van der Waals surface area contributed by atoms with Crippen molar-refractivity contribution in [2.24, 2.45) is 0 Å². The Balaban J connectivity index is 1.99. The predicted octanol–water partition coefficient (Wildman–Crippen LogP) is 5.64. The monoisotopic (exact) mass is 442 g/mol. The third-order valence-electron chi connectivity index (χ3n) is 4.73. The fourth-order valence-corrected chi connectivity index (χ4v) is 4.04. The van der Waals surface area contributed by atoms with Gasteiger partial charge in [-0.05, 0) is 42.5 Å². The van der Waals surface area contributed by atoms with E-state index in [1.54, 1.807) is 16.8 Å². The predicted molar refractivity (Wildman–Crippen MR) is 131 cm³/mol. The molecule has 3 aromatic rings. The lowest BCUT2D eigenvalue weighted by Gasteiger charge is -2.04. The zero-order valence-electron chi connectivity index (χ0n) is 18.1. The number of nitriles is 1. The van der Waals surface area contributed by atoms with Crippen LogP contribution in [0.2, 0.25) is 0 Å². The third kappa shape index (κ3) is 5.99. The molecule has 0 saturated carbocycles. The summed E-state index contributed by atoms with van der Waals surface area (Å²) in [4.78, 5) is 13.6. The van der Waals surface area contributed by atoms with Gasteiger partial charge >= 0.3 is 0 Å². The highest BCUT2D eigenvalue weighted by Gasteiger charge is 2.15. The Hall–Kier alpha value is -3.56. The van der Waals surface area contributed by atoms with Gasteiger partial charge in [0.2, 0.25) is 0 Å². The Morgan fingerprint density at radius 3 is 2.62 bits per heavy atom. The molecule has 1 amide bonds. The zero-order valence-corrected chi connectivity index (χ0v) is 18.9. The minimum absolute atomic E-state index is 0.0208. The highest BCUT2D eigenvalue weighted by Crippen LogP contribution is 2.28. The molecular formula is C26H26N4OS. The van der Waals surface area contributed by atoms with Crippen LogP contribution in [0.5, 0.6) is 0 Å². The lowest BCUT2D eigenvalue weighted by atomic mass is 10.1. The number of para-hydroxylation sites is 1. The average Bonchev–Trinajstić information content (AvgIpc) is 3.26. The Labute approximate surface area is 193 Å². The molecule has 0 unspecified atom stereocenters. The molecule has 1 aromatic heterocycles. The standard InChI is InChI=1S/C26H26N4OS/c1-3-5-16-32-24-13-11-20(12-14-24)25-22(17-21(18-27)26(31)28-15-4-2)19-30(29-25)23-9-7-6-8-10-23/h4,6-14,17,19H,2-3,5,15-16H2,1H3,(H,28,31). The maximum atomic E-state index is 12.4. The largest absolute Gasteiger partial charge is 0.348 e. The smallest absolute Gasteiger partial charge is 0.262 e. The van der Waals surface area contributed by atoms with Crippen LogP contribution >= 0.6 is 11.8 Å². The van der Waals surface area contributed by atoms with Crippen LogP contribution in [0, 0.1) is 11.3 Å². The molecule has 0 fully saturated rings. The Kier molecular flexibility index (Phi) is 8.47. The van der Waals surface area contributed by atoms with Crippen molar-refractivity contribution in [1.29, 1.82) is 5.26 Å². The number of carbonyl (C=O) groups excluding carboxylic acids is 1. The first-order valence-electron chi connectivity index (χ1n) is 10.6. The molecule has 2 aromatic carbocycles. The van der Waals surface area contributed by atoms with Gasteiger partial charge in [-0.25, -0.2) is 4.68 Å². The van der Waals surface area contributed by atoms with Crippen molar-refractivity contribution in [2.75, 3.05) is 12.3 Å². The molecule has 1 N–H and O–H groups in total. The van der Waals surface area contributed by atoms with Gasteiger partial charge in [0.15, 0.2) is 0 Å². The van der Waals surface area contributed by atoms with E-state index in [4.69, 9.17) is 5.10 Å².